The van der Waals surface area contributed by atoms with Gasteiger partial charge in [-0.3, -0.25) is 4.99 Å². The van der Waals surface area contributed by atoms with Crippen LogP contribution in [0.5, 0.6) is 0 Å². The summed E-state index contributed by atoms with van der Waals surface area (Å²) in [6.07, 6.45) is 3.17. The summed E-state index contributed by atoms with van der Waals surface area (Å²) in [4.78, 5) is 5.35. The Balaban J connectivity index is 0.000000185. The normalized spacial score (nSPS) is 29.4. The van der Waals surface area contributed by atoms with Gasteiger partial charge in [0, 0.05) is 17.0 Å². The molecule has 4 heteroatoms. The largest absolute Gasteiger partial charge is 0.342 e. The van der Waals surface area contributed by atoms with Crippen molar-refractivity contribution in [1.82, 2.24) is 0 Å². The van der Waals surface area contributed by atoms with E-state index in [2.05, 4.69) is 10.3 Å². The van der Waals surface area contributed by atoms with Crippen LogP contribution in [0, 0.1) is 11.8 Å². The van der Waals surface area contributed by atoms with E-state index in [-0.39, 0.29) is 0 Å². The maximum Gasteiger partial charge on any atom is 0.111 e. The average Bonchev–Trinajstić information content (AvgIpc) is 3.18. The van der Waals surface area contributed by atoms with Gasteiger partial charge in [0.25, 0.3) is 0 Å². The van der Waals surface area contributed by atoms with Gasteiger partial charge in [-0.25, -0.2) is 0 Å². The van der Waals surface area contributed by atoms with Crippen LogP contribution >= 0.6 is 23.4 Å². The zero-order chi connectivity index (χ0) is 11.8. The molecule has 1 N–H and O–H groups in total. The highest BCUT2D eigenvalue weighted by Gasteiger charge is 2.52. The number of benzene rings is 1. The molecule has 1 aliphatic heterocycles. The summed E-state index contributed by atoms with van der Waals surface area (Å²) in [5, 5.41) is 3.99. The van der Waals surface area contributed by atoms with E-state index in [1.54, 1.807) is 31.7 Å². The lowest BCUT2D eigenvalue weighted by molar-refractivity contribution is 0.915. The molecule has 2 fully saturated rings. The summed E-state index contributed by atoms with van der Waals surface area (Å²) in [5.74, 6) is 4.41. The fraction of sp³-hybridized carbons (Fsp3) is 0.462. The zero-order valence-electron chi connectivity index (χ0n) is 9.74. The minimum Gasteiger partial charge on any atom is -0.342 e. The van der Waals surface area contributed by atoms with Crippen LogP contribution in [0.4, 0.5) is 5.69 Å². The molecule has 0 amide bonds. The van der Waals surface area contributed by atoms with E-state index in [9.17, 15) is 0 Å². The molecule has 0 spiro atoms. The van der Waals surface area contributed by atoms with Crippen molar-refractivity contribution in [3.05, 3.63) is 23.2 Å². The molecular weight excluding hydrogens is 252 g/mol. The first-order chi connectivity index (χ1) is 8.26. The van der Waals surface area contributed by atoms with Gasteiger partial charge in [0.1, 0.15) is 5.84 Å². The maximum atomic E-state index is 5.88. The fourth-order valence-electron chi connectivity index (χ4n) is 1.74. The summed E-state index contributed by atoms with van der Waals surface area (Å²) < 4.78 is 0. The third kappa shape index (κ3) is 2.78. The number of nitrogens with one attached hydrogen (secondary N) is 1. The van der Waals surface area contributed by atoms with Crippen molar-refractivity contribution in [3.63, 3.8) is 0 Å². The van der Waals surface area contributed by atoms with E-state index < -0.39 is 0 Å². The van der Waals surface area contributed by atoms with E-state index in [0.29, 0.717) is 0 Å². The standard InChI is InChI=1S/C9H9ClN2S.C4H6/c1-11-9-5-13-8-3-2-6(10)4-7(8)12-9;1-3-2-4(1)3/h2-4H,5H2,1H3,(H,11,12);3-4H,1-2H2. The lowest BCUT2D eigenvalue weighted by atomic mass is 10.3. The fourth-order valence-corrected chi connectivity index (χ4v) is 2.83. The molecule has 2 aliphatic carbocycles. The number of thioether (sulfide) groups is 1. The Bertz CT molecular complexity index is 460. The highest BCUT2D eigenvalue weighted by Crippen LogP contribution is 2.62. The second kappa shape index (κ2) is 4.54. The first kappa shape index (κ1) is 11.4. The van der Waals surface area contributed by atoms with E-state index in [1.165, 1.54) is 16.7 Å². The van der Waals surface area contributed by atoms with Gasteiger partial charge < -0.3 is 5.32 Å². The lowest BCUT2D eigenvalue weighted by Crippen LogP contribution is -2.19. The van der Waals surface area contributed by atoms with Crippen molar-refractivity contribution in [2.45, 2.75) is 17.7 Å². The number of fused-ring (bicyclic) bond motifs is 2. The second-order valence-corrected chi connectivity index (χ2v) is 6.17. The predicted octanol–water partition coefficient (Wildman–Crippen LogP) is 3.91. The average molecular weight is 267 g/mol. The molecule has 0 radical (unpaired) electrons. The third-order valence-electron chi connectivity index (χ3n) is 3.33. The first-order valence-electron chi connectivity index (χ1n) is 5.91. The first-order valence-corrected chi connectivity index (χ1v) is 7.27. The highest BCUT2D eigenvalue weighted by atomic mass is 35.5. The predicted molar refractivity (Wildman–Crippen MR) is 75.4 cm³/mol. The molecule has 2 nitrogen and oxygen atoms in total. The summed E-state index contributed by atoms with van der Waals surface area (Å²) in [6, 6.07) is 5.86. The summed E-state index contributed by atoms with van der Waals surface area (Å²) in [5.41, 5.74) is 1.06. The number of rotatable bonds is 0. The number of aliphatic imine (C=N–C) groups is 1. The molecule has 0 aromatic heterocycles. The van der Waals surface area contributed by atoms with E-state index >= 15 is 0 Å². The topological polar surface area (TPSA) is 24.4 Å². The Morgan fingerprint density at radius 1 is 1.35 bits per heavy atom. The molecule has 1 heterocycles. The molecule has 1 aromatic carbocycles. The monoisotopic (exact) mass is 266 g/mol. The molecule has 0 atom stereocenters. The smallest absolute Gasteiger partial charge is 0.111 e. The van der Waals surface area contributed by atoms with Gasteiger partial charge in [-0.1, -0.05) is 11.6 Å². The number of amidine groups is 1. The third-order valence-corrected chi connectivity index (χ3v) is 4.65. The SMILES string of the molecule is C1C2CC12.CN=C1CSc2ccc(Cl)cc2N1. The number of hydrogen-bond donors (Lipinski definition) is 1. The molecular formula is C13H15ClN2S. The number of anilines is 1. The van der Waals surface area contributed by atoms with Crippen molar-refractivity contribution in [1.29, 1.82) is 0 Å². The summed E-state index contributed by atoms with van der Waals surface area (Å²) in [6.45, 7) is 0. The Hall–Kier alpha value is -0.670. The van der Waals surface area contributed by atoms with Gasteiger partial charge in [0.2, 0.25) is 0 Å². The van der Waals surface area contributed by atoms with Crippen LogP contribution in [0.1, 0.15) is 12.8 Å². The molecule has 90 valence electrons. The zero-order valence-corrected chi connectivity index (χ0v) is 11.3. The minimum atomic E-state index is 0.754. The van der Waals surface area contributed by atoms with Crippen LogP contribution in [0.25, 0.3) is 0 Å². The Labute approximate surface area is 111 Å². The van der Waals surface area contributed by atoms with Gasteiger partial charge in [-0.05, 0) is 42.9 Å². The van der Waals surface area contributed by atoms with Crippen molar-refractivity contribution in [3.8, 4) is 0 Å². The summed E-state index contributed by atoms with van der Waals surface area (Å²) >= 11 is 7.66. The number of nitrogens with zero attached hydrogens (tertiary/aromatic N) is 1. The van der Waals surface area contributed by atoms with Crippen molar-refractivity contribution in [2.24, 2.45) is 16.8 Å². The van der Waals surface area contributed by atoms with Gasteiger partial charge in [0.05, 0.1) is 11.4 Å². The van der Waals surface area contributed by atoms with Crippen molar-refractivity contribution >= 4 is 34.9 Å². The van der Waals surface area contributed by atoms with Gasteiger partial charge >= 0.3 is 0 Å². The Morgan fingerprint density at radius 2 is 2.06 bits per heavy atom. The van der Waals surface area contributed by atoms with Crippen LogP contribution in [0.2, 0.25) is 5.02 Å². The van der Waals surface area contributed by atoms with Crippen molar-refractivity contribution in [2.75, 3.05) is 18.1 Å². The van der Waals surface area contributed by atoms with E-state index in [0.717, 1.165) is 22.3 Å². The molecule has 2 saturated carbocycles. The van der Waals surface area contributed by atoms with E-state index in [4.69, 9.17) is 11.6 Å². The quantitative estimate of drug-likeness (QED) is 0.770. The van der Waals surface area contributed by atoms with E-state index in [1.807, 2.05) is 18.2 Å². The molecule has 0 unspecified atom stereocenters. The minimum absolute atomic E-state index is 0.754. The van der Waals surface area contributed by atoms with Gasteiger partial charge in [0.15, 0.2) is 0 Å². The summed E-state index contributed by atoms with van der Waals surface area (Å²) in [7, 11) is 1.79. The second-order valence-electron chi connectivity index (χ2n) is 4.72. The Kier molecular flexibility index (Phi) is 3.05. The molecule has 3 aliphatic rings. The molecule has 4 rings (SSSR count). The van der Waals surface area contributed by atoms with Gasteiger partial charge in [-0.2, -0.15) is 0 Å². The van der Waals surface area contributed by atoms with Crippen LogP contribution in [0.15, 0.2) is 28.1 Å². The van der Waals surface area contributed by atoms with Crippen LogP contribution in [0.3, 0.4) is 0 Å². The highest BCUT2D eigenvalue weighted by molar-refractivity contribution is 8.00. The molecule has 1 aromatic rings. The van der Waals surface area contributed by atoms with Crippen LogP contribution in [-0.2, 0) is 0 Å². The van der Waals surface area contributed by atoms with Crippen molar-refractivity contribution < 1.29 is 0 Å². The molecule has 0 bridgehead atoms. The lowest BCUT2D eigenvalue weighted by Gasteiger charge is -2.18. The van der Waals surface area contributed by atoms with Gasteiger partial charge in [-0.15, -0.1) is 11.8 Å². The molecule has 0 saturated heterocycles. The number of hydrogen-bond acceptors (Lipinski definition) is 2. The molecule has 17 heavy (non-hydrogen) atoms. The van der Waals surface area contributed by atoms with Crippen LogP contribution in [-0.4, -0.2) is 18.6 Å². The maximum absolute atomic E-state index is 5.88. The number of halogens is 1. The van der Waals surface area contributed by atoms with Crippen LogP contribution < -0.4 is 5.32 Å². The Morgan fingerprint density at radius 3 is 2.65 bits per heavy atom.